The van der Waals surface area contributed by atoms with Crippen LogP contribution in [0.15, 0.2) is 36.4 Å². The molecule has 5 nitrogen and oxygen atoms in total. The Bertz CT molecular complexity index is 814. The highest BCUT2D eigenvalue weighted by atomic mass is 16.5. The molecule has 0 radical (unpaired) electrons. The number of ether oxygens (including phenoxy) is 2. The van der Waals surface area contributed by atoms with Gasteiger partial charge in [0.05, 0.1) is 12.2 Å². The topological polar surface area (TPSA) is 64.6 Å². The van der Waals surface area contributed by atoms with Gasteiger partial charge in [-0.1, -0.05) is 18.2 Å². The fourth-order valence-corrected chi connectivity index (χ4v) is 2.53. The SMILES string of the molecule is CCOC(=O)c1cccc(NC(=O)[C@H](C)Oc2cccc(C)c2C)c1C. The Morgan fingerprint density at radius 3 is 2.42 bits per heavy atom. The molecule has 138 valence electrons. The van der Waals surface area contributed by atoms with Crippen molar-refractivity contribution in [2.75, 3.05) is 11.9 Å². The normalized spacial score (nSPS) is 11.6. The molecule has 0 fully saturated rings. The first-order chi connectivity index (χ1) is 12.3. The smallest absolute Gasteiger partial charge is 0.338 e. The third-order valence-corrected chi connectivity index (χ3v) is 4.31. The maximum atomic E-state index is 12.5. The molecule has 2 aromatic rings. The molecule has 0 saturated carbocycles. The number of rotatable bonds is 6. The Morgan fingerprint density at radius 2 is 1.73 bits per heavy atom. The molecule has 0 aliphatic rings. The number of aryl methyl sites for hydroxylation is 1. The number of benzene rings is 2. The van der Waals surface area contributed by atoms with Crippen molar-refractivity contribution in [1.29, 1.82) is 0 Å². The molecule has 0 aliphatic heterocycles. The second-order valence-electron chi connectivity index (χ2n) is 6.15. The molecule has 1 amide bonds. The lowest BCUT2D eigenvalue weighted by Crippen LogP contribution is -2.30. The lowest BCUT2D eigenvalue weighted by Gasteiger charge is -2.18. The van der Waals surface area contributed by atoms with Crippen molar-refractivity contribution in [1.82, 2.24) is 0 Å². The Hall–Kier alpha value is -2.82. The minimum absolute atomic E-state index is 0.282. The molecule has 1 N–H and O–H groups in total. The van der Waals surface area contributed by atoms with E-state index in [1.165, 1.54) is 0 Å². The highest BCUT2D eigenvalue weighted by molar-refractivity contribution is 5.98. The van der Waals surface area contributed by atoms with Gasteiger partial charge in [-0.25, -0.2) is 4.79 Å². The second kappa shape index (κ2) is 8.52. The van der Waals surface area contributed by atoms with Crippen molar-refractivity contribution < 1.29 is 19.1 Å². The molecule has 26 heavy (non-hydrogen) atoms. The van der Waals surface area contributed by atoms with E-state index in [1.807, 2.05) is 32.0 Å². The Morgan fingerprint density at radius 1 is 1.04 bits per heavy atom. The van der Waals surface area contributed by atoms with Gasteiger partial charge in [-0.3, -0.25) is 4.79 Å². The van der Waals surface area contributed by atoms with Gasteiger partial charge in [-0.15, -0.1) is 0 Å². The van der Waals surface area contributed by atoms with Gasteiger partial charge in [0.25, 0.3) is 5.91 Å². The van der Waals surface area contributed by atoms with E-state index >= 15 is 0 Å². The highest BCUT2D eigenvalue weighted by Crippen LogP contribution is 2.23. The van der Waals surface area contributed by atoms with E-state index in [-0.39, 0.29) is 5.91 Å². The second-order valence-corrected chi connectivity index (χ2v) is 6.15. The summed E-state index contributed by atoms with van der Waals surface area (Å²) in [6.07, 6.45) is -0.679. The summed E-state index contributed by atoms with van der Waals surface area (Å²) in [7, 11) is 0. The molecular formula is C21H25NO4. The number of nitrogens with one attached hydrogen (secondary N) is 1. The zero-order chi connectivity index (χ0) is 19.3. The molecule has 2 aromatic carbocycles. The Labute approximate surface area is 154 Å². The van der Waals surface area contributed by atoms with E-state index in [0.717, 1.165) is 11.1 Å². The molecular weight excluding hydrogens is 330 g/mol. The number of hydrogen-bond acceptors (Lipinski definition) is 4. The fraction of sp³-hybridized carbons (Fsp3) is 0.333. The van der Waals surface area contributed by atoms with Crippen LogP contribution in [0.3, 0.4) is 0 Å². The molecule has 0 saturated heterocycles. The molecule has 0 unspecified atom stereocenters. The number of carbonyl (C=O) groups excluding carboxylic acids is 2. The van der Waals surface area contributed by atoms with Crippen LogP contribution in [0.4, 0.5) is 5.69 Å². The van der Waals surface area contributed by atoms with Crippen LogP contribution in [0.25, 0.3) is 0 Å². The first kappa shape index (κ1) is 19.5. The van der Waals surface area contributed by atoms with Crippen LogP contribution in [-0.2, 0) is 9.53 Å². The minimum atomic E-state index is -0.679. The third kappa shape index (κ3) is 4.42. The van der Waals surface area contributed by atoms with Gasteiger partial charge in [0.15, 0.2) is 6.10 Å². The standard InChI is InChI=1S/C21H25NO4/c1-6-25-21(24)17-10-8-11-18(15(17)4)22-20(23)16(5)26-19-12-7-9-13(2)14(19)3/h7-12,16H,6H2,1-5H3,(H,22,23)/t16-/m0/s1. The van der Waals surface area contributed by atoms with E-state index < -0.39 is 12.1 Å². The average molecular weight is 355 g/mol. The summed E-state index contributed by atoms with van der Waals surface area (Å²) < 4.78 is 10.9. The van der Waals surface area contributed by atoms with Crippen molar-refractivity contribution in [2.24, 2.45) is 0 Å². The van der Waals surface area contributed by atoms with E-state index in [2.05, 4.69) is 5.32 Å². The predicted molar refractivity (Wildman–Crippen MR) is 102 cm³/mol. The Kier molecular flexibility index (Phi) is 6.39. The average Bonchev–Trinajstić information content (AvgIpc) is 2.60. The van der Waals surface area contributed by atoms with Crippen LogP contribution in [0.2, 0.25) is 0 Å². The number of hydrogen-bond donors (Lipinski definition) is 1. The van der Waals surface area contributed by atoms with Crippen LogP contribution in [0.1, 0.15) is 40.9 Å². The van der Waals surface area contributed by atoms with Crippen LogP contribution in [0, 0.1) is 20.8 Å². The number of anilines is 1. The van der Waals surface area contributed by atoms with E-state index in [9.17, 15) is 9.59 Å². The van der Waals surface area contributed by atoms with Crippen molar-refractivity contribution in [3.05, 3.63) is 58.7 Å². The Balaban J connectivity index is 2.13. The van der Waals surface area contributed by atoms with Crippen molar-refractivity contribution in [3.63, 3.8) is 0 Å². The van der Waals surface area contributed by atoms with Crippen LogP contribution < -0.4 is 10.1 Å². The van der Waals surface area contributed by atoms with Gasteiger partial charge in [0.2, 0.25) is 0 Å². The summed E-state index contributed by atoms with van der Waals surface area (Å²) in [4.78, 5) is 24.5. The van der Waals surface area contributed by atoms with Crippen molar-refractivity contribution in [2.45, 2.75) is 40.7 Å². The lowest BCUT2D eigenvalue weighted by atomic mass is 10.1. The maximum absolute atomic E-state index is 12.5. The van der Waals surface area contributed by atoms with Gasteiger partial charge in [-0.05, 0) is 69.5 Å². The summed E-state index contributed by atoms with van der Waals surface area (Å²) in [5.74, 6) is 0.000411. The van der Waals surface area contributed by atoms with Crippen LogP contribution >= 0.6 is 0 Å². The van der Waals surface area contributed by atoms with Crippen LogP contribution in [-0.4, -0.2) is 24.6 Å². The molecule has 0 spiro atoms. The molecule has 0 bridgehead atoms. The molecule has 5 heteroatoms. The minimum Gasteiger partial charge on any atom is -0.481 e. The summed E-state index contributed by atoms with van der Waals surface area (Å²) in [6.45, 7) is 9.49. The monoisotopic (exact) mass is 355 g/mol. The molecule has 2 rings (SSSR count). The molecule has 0 aromatic heterocycles. The van der Waals surface area contributed by atoms with Gasteiger partial charge < -0.3 is 14.8 Å². The zero-order valence-electron chi connectivity index (χ0n) is 15.9. The summed E-state index contributed by atoms with van der Waals surface area (Å²) in [5.41, 5.74) is 3.78. The summed E-state index contributed by atoms with van der Waals surface area (Å²) in [6, 6.07) is 10.9. The van der Waals surface area contributed by atoms with E-state index in [0.29, 0.717) is 29.2 Å². The first-order valence-electron chi connectivity index (χ1n) is 8.65. The number of amides is 1. The lowest BCUT2D eigenvalue weighted by molar-refractivity contribution is -0.122. The van der Waals surface area contributed by atoms with Gasteiger partial charge in [-0.2, -0.15) is 0 Å². The fourth-order valence-electron chi connectivity index (χ4n) is 2.53. The number of carbonyl (C=O) groups is 2. The quantitative estimate of drug-likeness (QED) is 0.789. The van der Waals surface area contributed by atoms with E-state index in [4.69, 9.17) is 9.47 Å². The molecule has 1 atom stereocenters. The summed E-state index contributed by atoms with van der Waals surface area (Å²) >= 11 is 0. The zero-order valence-corrected chi connectivity index (χ0v) is 15.9. The van der Waals surface area contributed by atoms with Crippen LogP contribution in [0.5, 0.6) is 5.75 Å². The first-order valence-corrected chi connectivity index (χ1v) is 8.65. The summed E-state index contributed by atoms with van der Waals surface area (Å²) in [5, 5.41) is 2.83. The van der Waals surface area contributed by atoms with Crippen molar-refractivity contribution >= 4 is 17.6 Å². The molecule has 0 aliphatic carbocycles. The predicted octanol–water partition coefficient (Wildman–Crippen LogP) is 4.19. The largest absolute Gasteiger partial charge is 0.481 e. The maximum Gasteiger partial charge on any atom is 0.338 e. The van der Waals surface area contributed by atoms with E-state index in [1.54, 1.807) is 39.0 Å². The van der Waals surface area contributed by atoms with Gasteiger partial charge >= 0.3 is 5.97 Å². The van der Waals surface area contributed by atoms with Gasteiger partial charge in [0, 0.05) is 5.69 Å². The highest BCUT2D eigenvalue weighted by Gasteiger charge is 2.19. The third-order valence-electron chi connectivity index (χ3n) is 4.31. The number of esters is 1. The van der Waals surface area contributed by atoms with Gasteiger partial charge in [0.1, 0.15) is 5.75 Å². The van der Waals surface area contributed by atoms with Crippen molar-refractivity contribution in [3.8, 4) is 5.75 Å². The molecule has 0 heterocycles.